The third-order valence-corrected chi connectivity index (χ3v) is 4.01. The molecule has 0 bridgehead atoms. The highest BCUT2D eigenvalue weighted by Gasteiger charge is 2.14. The summed E-state index contributed by atoms with van der Waals surface area (Å²) in [6, 6.07) is 7.34. The minimum Gasteiger partial charge on any atom is -0.313 e. The molecule has 0 radical (unpaired) electrons. The van der Waals surface area contributed by atoms with Crippen LogP contribution in [0.3, 0.4) is 0 Å². The molecule has 0 aliphatic rings. The van der Waals surface area contributed by atoms with E-state index in [2.05, 4.69) is 58.3 Å². The number of aryl methyl sites for hydroxylation is 2. The molecule has 1 rings (SSSR count). The van der Waals surface area contributed by atoms with Crippen LogP contribution in [0.5, 0.6) is 0 Å². The van der Waals surface area contributed by atoms with Crippen molar-refractivity contribution in [2.24, 2.45) is 5.92 Å². The molecule has 0 fully saturated rings. The normalized spacial score (nSPS) is 13.1. The van der Waals surface area contributed by atoms with E-state index in [0.29, 0.717) is 6.04 Å². The van der Waals surface area contributed by atoms with Crippen molar-refractivity contribution in [3.05, 3.63) is 34.9 Å². The second kappa shape index (κ2) is 6.80. The third kappa shape index (κ3) is 3.85. The average Bonchev–Trinajstić information content (AvgIpc) is 2.35. The Kier molecular flexibility index (Phi) is 5.70. The zero-order valence-electron chi connectivity index (χ0n) is 12.0. The van der Waals surface area contributed by atoms with Gasteiger partial charge in [0, 0.05) is 6.04 Å². The summed E-state index contributed by atoms with van der Waals surface area (Å²) < 4.78 is 0. The molecule has 96 valence electrons. The third-order valence-electron chi connectivity index (χ3n) is 4.01. The highest BCUT2D eigenvalue weighted by molar-refractivity contribution is 5.31. The molecule has 1 N–H and O–H groups in total. The summed E-state index contributed by atoms with van der Waals surface area (Å²) in [5.74, 6) is 0.828. The van der Waals surface area contributed by atoms with Crippen LogP contribution in [0.2, 0.25) is 0 Å². The highest BCUT2D eigenvalue weighted by Crippen LogP contribution is 2.26. The number of nitrogens with one attached hydrogen (secondary N) is 1. The fraction of sp³-hybridized carbons (Fsp3) is 0.625. The Labute approximate surface area is 107 Å². The summed E-state index contributed by atoms with van der Waals surface area (Å²) in [6.07, 6.45) is 3.80. The monoisotopic (exact) mass is 233 g/mol. The van der Waals surface area contributed by atoms with Crippen molar-refractivity contribution in [1.29, 1.82) is 0 Å². The van der Waals surface area contributed by atoms with Crippen LogP contribution in [-0.2, 0) is 0 Å². The Bertz CT molecular complexity index is 339. The number of hydrogen-bond donors (Lipinski definition) is 1. The maximum Gasteiger partial charge on any atom is 0.0320 e. The predicted molar refractivity (Wildman–Crippen MR) is 76.4 cm³/mol. The molecule has 1 atom stereocenters. The molecule has 1 aromatic rings. The van der Waals surface area contributed by atoms with Crippen molar-refractivity contribution in [3.63, 3.8) is 0 Å². The Hall–Kier alpha value is -0.820. The first kappa shape index (κ1) is 14.2. The lowest BCUT2D eigenvalue weighted by atomic mass is 9.90. The van der Waals surface area contributed by atoms with E-state index < -0.39 is 0 Å². The quantitative estimate of drug-likeness (QED) is 0.768. The van der Waals surface area contributed by atoms with E-state index in [1.165, 1.54) is 36.0 Å². The molecule has 0 aromatic heterocycles. The van der Waals surface area contributed by atoms with Crippen molar-refractivity contribution >= 4 is 0 Å². The molecular formula is C16H27N. The Balaban J connectivity index is 2.82. The van der Waals surface area contributed by atoms with E-state index in [1.54, 1.807) is 0 Å². The molecule has 0 spiro atoms. The van der Waals surface area contributed by atoms with Crippen LogP contribution in [0.25, 0.3) is 0 Å². The topological polar surface area (TPSA) is 12.0 Å². The van der Waals surface area contributed by atoms with Gasteiger partial charge in [0.1, 0.15) is 0 Å². The molecule has 1 nitrogen and oxygen atoms in total. The fourth-order valence-electron chi connectivity index (χ4n) is 2.36. The maximum atomic E-state index is 3.46. The van der Waals surface area contributed by atoms with Crippen molar-refractivity contribution in [2.45, 2.75) is 53.0 Å². The molecule has 1 aromatic carbocycles. The molecular weight excluding hydrogens is 206 g/mol. The van der Waals surface area contributed by atoms with E-state index in [1.807, 2.05) is 0 Å². The summed E-state index contributed by atoms with van der Waals surface area (Å²) in [5, 5.41) is 3.46. The molecule has 17 heavy (non-hydrogen) atoms. The second-order valence-corrected chi connectivity index (χ2v) is 5.10. The van der Waals surface area contributed by atoms with E-state index in [-0.39, 0.29) is 0 Å². The first-order valence-electron chi connectivity index (χ1n) is 6.86. The van der Waals surface area contributed by atoms with Gasteiger partial charge in [-0.25, -0.2) is 0 Å². The summed E-state index contributed by atoms with van der Waals surface area (Å²) in [7, 11) is 2.07. The van der Waals surface area contributed by atoms with Crippen molar-refractivity contribution in [3.8, 4) is 0 Å². The van der Waals surface area contributed by atoms with E-state index in [0.717, 1.165) is 5.92 Å². The second-order valence-electron chi connectivity index (χ2n) is 5.10. The summed E-state index contributed by atoms with van der Waals surface area (Å²) in [6.45, 7) is 8.96. The van der Waals surface area contributed by atoms with Crippen LogP contribution < -0.4 is 5.32 Å². The summed E-state index contributed by atoms with van der Waals surface area (Å²) in [4.78, 5) is 0. The number of benzene rings is 1. The van der Waals surface area contributed by atoms with E-state index >= 15 is 0 Å². The first-order valence-corrected chi connectivity index (χ1v) is 6.86. The average molecular weight is 233 g/mol. The van der Waals surface area contributed by atoms with Gasteiger partial charge in [0.25, 0.3) is 0 Å². The van der Waals surface area contributed by atoms with Gasteiger partial charge >= 0.3 is 0 Å². The maximum absolute atomic E-state index is 3.46. The van der Waals surface area contributed by atoms with Crippen LogP contribution >= 0.6 is 0 Å². The van der Waals surface area contributed by atoms with Crippen molar-refractivity contribution in [2.75, 3.05) is 7.05 Å². The Morgan fingerprint density at radius 2 is 1.71 bits per heavy atom. The number of rotatable bonds is 6. The lowest BCUT2D eigenvalue weighted by molar-refractivity contribution is 0.385. The fourth-order valence-corrected chi connectivity index (χ4v) is 2.36. The molecule has 0 saturated heterocycles. The zero-order chi connectivity index (χ0) is 12.8. The number of hydrogen-bond acceptors (Lipinski definition) is 1. The van der Waals surface area contributed by atoms with E-state index in [4.69, 9.17) is 0 Å². The van der Waals surface area contributed by atoms with Gasteiger partial charge in [-0.1, -0.05) is 44.9 Å². The lowest BCUT2D eigenvalue weighted by Crippen LogP contribution is -2.19. The molecule has 0 amide bonds. The Morgan fingerprint density at radius 1 is 1.06 bits per heavy atom. The van der Waals surface area contributed by atoms with Gasteiger partial charge in [0.2, 0.25) is 0 Å². The molecule has 1 unspecified atom stereocenters. The molecule has 0 aliphatic carbocycles. The van der Waals surface area contributed by atoms with Crippen molar-refractivity contribution < 1.29 is 0 Å². The van der Waals surface area contributed by atoms with Gasteiger partial charge in [0.15, 0.2) is 0 Å². The first-order chi connectivity index (χ1) is 8.12. The standard InChI is InChI=1S/C16H27N/c1-6-14(7-2)11-16(17-5)15-9-8-12(3)13(4)10-15/h8-10,14,16-17H,6-7,11H2,1-5H3. The Morgan fingerprint density at radius 3 is 2.18 bits per heavy atom. The molecule has 0 saturated carbocycles. The summed E-state index contributed by atoms with van der Waals surface area (Å²) in [5.41, 5.74) is 4.21. The SMILES string of the molecule is CCC(CC)CC(NC)c1ccc(C)c(C)c1. The predicted octanol–water partition coefficient (Wildman–Crippen LogP) is 4.39. The van der Waals surface area contributed by atoms with Crippen LogP contribution in [0.4, 0.5) is 0 Å². The minimum atomic E-state index is 0.499. The van der Waals surface area contributed by atoms with Gasteiger partial charge in [-0.2, -0.15) is 0 Å². The van der Waals surface area contributed by atoms with E-state index in [9.17, 15) is 0 Å². The zero-order valence-corrected chi connectivity index (χ0v) is 12.0. The van der Waals surface area contributed by atoms with Gasteiger partial charge in [-0.3, -0.25) is 0 Å². The van der Waals surface area contributed by atoms with Gasteiger partial charge < -0.3 is 5.32 Å². The molecule has 0 heterocycles. The van der Waals surface area contributed by atoms with Gasteiger partial charge in [-0.05, 0) is 49.9 Å². The highest BCUT2D eigenvalue weighted by atomic mass is 14.9. The minimum absolute atomic E-state index is 0.499. The van der Waals surface area contributed by atoms with Crippen LogP contribution in [0.1, 0.15) is 55.8 Å². The summed E-state index contributed by atoms with van der Waals surface area (Å²) >= 11 is 0. The van der Waals surface area contributed by atoms with Crippen LogP contribution in [0.15, 0.2) is 18.2 Å². The molecule has 1 heteroatoms. The lowest BCUT2D eigenvalue weighted by Gasteiger charge is -2.22. The van der Waals surface area contributed by atoms with Gasteiger partial charge in [0.05, 0.1) is 0 Å². The van der Waals surface area contributed by atoms with Gasteiger partial charge in [-0.15, -0.1) is 0 Å². The largest absolute Gasteiger partial charge is 0.313 e. The molecule has 0 aliphatic heterocycles. The smallest absolute Gasteiger partial charge is 0.0320 e. The van der Waals surface area contributed by atoms with Crippen LogP contribution in [-0.4, -0.2) is 7.05 Å². The van der Waals surface area contributed by atoms with Crippen LogP contribution in [0, 0.1) is 19.8 Å². The van der Waals surface area contributed by atoms with Crippen molar-refractivity contribution in [1.82, 2.24) is 5.32 Å².